The van der Waals surface area contributed by atoms with E-state index in [0.29, 0.717) is 12.9 Å². The molecule has 0 saturated carbocycles. The molecule has 1 aliphatic rings. The van der Waals surface area contributed by atoms with Gasteiger partial charge in [0.05, 0.1) is 12.4 Å². The van der Waals surface area contributed by atoms with E-state index in [1.807, 2.05) is 6.08 Å². The minimum Gasteiger partial charge on any atom is -0.475 e. The van der Waals surface area contributed by atoms with Crippen LogP contribution < -0.4 is 0 Å². The van der Waals surface area contributed by atoms with Gasteiger partial charge in [-0.25, -0.2) is 0 Å². The van der Waals surface area contributed by atoms with Gasteiger partial charge in [0, 0.05) is 0 Å². The second-order valence-corrected chi connectivity index (χ2v) is 3.87. The summed E-state index contributed by atoms with van der Waals surface area (Å²) in [6, 6.07) is 0. The van der Waals surface area contributed by atoms with Crippen LogP contribution in [0.5, 0.6) is 0 Å². The lowest BCUT2D eigenvalue weighted by Gasteiger charge is -2.17. The van der Waals surface area contributed by atoms with Crippen molar-refractivity contribution < 1.29 is 9.47 Å². The molecule has 1 heterocycles. The summed E-state index contributed by atoms with van der Waals surface area (Å²) in [7, 11) is 0. The molecule has 0 aromatic rings. The summed E-state index contributed by atoms with van der Waals surface area (Å²) in [5, 5.41) is 0. The lowest BCUT2D eigenvalue weighted by atomic mass is 10.1. The smallest absolute Gasteiger partial charge is 0.188 e. The highest BCUT2D eigenvalue weighted by Crippen LogP contribution is 2.13. The number of ether oxygens (including phenoxy) is 2. The van der Waals surface area contributed by atoms with Gasteiger partial charge >= 0.3 is 0 Å². The van der Waals surface area contributed by atoms with Crippen molar-refractivity contribution in [2.75, 3.05) is 6.79 Å². The molecule has 0 radical (unpaired) electrons. The summed E-state index contributed by atoms with van der Waals surface area (Å²) >= 11 is 0. The van der Waals surface area contributed by atoms with Gasteiger partial charge in [0.25, 0.3) is 0 Å². The van der Waals surface area contributed by atoms with Gasteiger partial charge in [0.15, 0.2) is 6.79 Å². The van der Waals surface area contributed by atoms with E-state index in [-0.39, 0.29) is 0 Å². The van der Waals surface area contributed by atoms with Crippen molar-refractivity contribution in [3.8, 4) is 0 Å². The Labute approximate surface area is 87.3 Å². The molecule has 0 spiro atoms. The quantitative estimate of drug-likeness (QED) is 0.582. The molecule has 0 aliphatic carbocycles. The van der Waals surface area contributed by atoms with Crippen LogP contribution in [0.1, 0.15) is 51.9 Å². The molecule has 0 bridgehead atoms. The summed E-state index contributed by atoms with van der Waals surface area (Å²) in [4.78, 5) is 0. The second kappa shape index (κ2) is 7.86. The van der Waals surface area contributed by atoms with E-state index in [1.165, 1.54) is 38.5 Å². The molecule has 2 nitrogen and oxygen atoms in total. The molecule has 1 aliphatic heterocycles. The first-order valence-electron chi connectivity index (χ1n) is 5.83. The fourth-order valence-corrected chi connectivity index (χ4v) is 1.67. The molecule has 0 saturated heterocycles. The van der Waals surface area contributed by atoms with Gasteiger partial charge in [0.2, 0.25) is 0 Å². The van der Waals surface area contributed by atoms with Crippen molar-refractivity contribution in [1.29, 1.82) is 0 Å². The zero-order valence-corrected chi connectivity index (χ0v) is 9.21. The Hall–Kier alpha value is -0.500. The number of hydrogen-bond donors (Lipinski definition) is 0. The molecule has 0 fully saturated rings. The minimum absolute atomic E-state index is 0.301. The van der Waals surface area contributed by atoms with Gasteiger partial charge in [-0.1, -0.05) is 45.4 Å². The molecule has 0 aromatic carbocycles. The van der Waals surface area contributed by atoms with Gasteiger partial charge in [0.1, 0.15) is 0 Å². The maximum Gasteiger partial charge on any atom is 0.188 e. The highest BCUT2D eigenvalue weighted by atomic mass is 16.7. The predicted octanol–water partition coefficient (Wildman–Crippen LogP) is 3.62. The Kier molecular flexibility index (Phi) is 6.50. The van der Waals surface area contributed by atoms with E-state index in [2.05, 4.69) is 6.92 Å². The van der Waals surface area contributed by atoms with Crippen LogP contribution >= 0.6 is 0 Å². The van der Waals surface area contributed by atoms with Crippen LogP contribution in [0.3, 0.4) is 0 Å². The van der Waals surface area contributed by atoms with Gasteiger partial charge in [-0.05, 0) is 12.5 Å². The number of hydrogen-bond acceptors (Lipinski definition) is 2. The summed E-state index contributed by atoms with van der Waals surface area (Å²) in [5.41, 5.74) is 0. The van der Waals surface area contributed by atoms with Crippen molar-refractivity contribution in [1.82, 2.24) is 0 Å². The minimum atomic E-state index is 0.301. The van der Waals surface area contributed by atoms with E-state index >= 15 is 0 Å². The highest BCUT2D eigenvalue weighted by molar-refractivity contribution is 4.86. The summed E-state index contributed by atoms with van der Waals surface area (Å²) in [6.45, 7) is 2.68. The van der Waals surface area contributed by atoms with E-state index in [4.69, 9.17) is 9.47 Å². The maximum atomic E-state index is 5.40. The highest BCUT2D eigenvalue weighted by Gasteiger charge is 2.07. The maximum absolute atomic E-state index is 5.40. The van der Waals surface area contributed by atoms with E-state index in [9.17, 15) is 0 Å². The molecular formula is C12H22O2. The van der Waals surface area contributed by atoms with Crippen LogP contribution in [-0.2, 0) is 9.47 Å². The Morgan fingerprint density at radius 2 is 1.93 bits per heavy atom. The molecule has 82 valence electrons. The van der Waals surface area contributed by atoms with E-state index in [0.717, 1.165) is 6.42 Å². The van der Waals surface area contributed by atoms with E-state index in [1.54, 1.807) is 6.26 Å². The molecule has 0 aromatic heterocycles. The third kappa shape index (κ3) is 5.28. The number of rotatable bonds is 7. The van der Waals surface area contributed by atoms with Crippen LogP contribution in [0.4, 0.5) is 0 Å². The molecule has 0 N–H and O–H groups in total. The molecule has 1 atom stereocenters. The van der Waals surface area contributed by atoms with Crippen LogP contribution in [0.15, 0.2) is 12.3 Å². The molecule has 2 heteroatoms. The lowest BCUT2D eigenvalue weighted by Crippen LogP contribution is -2.15. The standard InChI is InChI=1S/C12H22O2/c1-2-3-4-5-6-7-8-12-9-10-13-11-14-12/h9-10,12H,2-8,11H2,1H3. The first kappa shape index (κ1) is 11.6. The normalized spacial score (nSPS) is 20.8. The van der Waals surface area contributed by atoms with Crippen molar-refractivity contribution in [3.05, 3.63) is 12.3 Å². The van der Waals surface area contributed by atoms with Crippen LogP contribution in [-0.4, -0.2) is 12.9 Å². The van der Waals surface area contributed by atoms with Crippen LogP contribution in [0.25, 0.3) is 0 Å². The fraction of sp³-hybridized carbons (Fsp3) is 0.833. The Morgan fingerprint density at radius 1 is 1.14 bits per heavy atom. The average Bonchev–Trinajstić information content (AvgIpc) is 2.25. The first-order valence-corrected chi connectivity index (χ1v) is 5.83. The average molecular weight is 198 g/mol. The molecule has 1 rings (SSSR count). The third-order valence-electron chi connectivity index (χ3n) is 2.58. The lowest BCUT2D eigenvalue weighted by molar-refractivity contribution is -0.0601. The SMILES string of the molecule is CCCCCCCCC1C=COCO1. The summed E-state index contributed by atoms with van der Waals surface area (Å²) in [6.07, 6.45) is 13.3. The zero-order chi connectivity index (χ0) is 10.1. The molecular weight excluding hydrogens is 176 g/mol. The van der Waals surface area contributed by atoms with E-state index < -0.39 is 0 Å². The van der Waals surface area contributed by atoms with Gasteiger partial charge in [-0.15, -0.1) is 0 Å². The second-order valence-electron chi connectivity index (χ2n) is 3.87. The van der Waals surface area contributed by atoms with Gasteiger partial charge in [-0.3, -0.25) is 0 Å². The van der Waals surface area contributed by atoms with Gasteiger partial charge < -0.3 is 9.47 Å². The van der Waals surface area contributed by atoms with Crippen LogP contribution in [0.2, 0.25) is 0 Å². The Bertz CT molecular complexity index is 154. The molecule has 0 amide bonds. The van der Waals surface area contributed by atoms with Crippen molar-refractivity contribution in [3.63, 3.8) is 0 Å². The number of unbranched alkanes of at least 4 members (excludes halogenated alkanes) is 5. The topological polar surface area (TPSA) is 18.5 Å². The van der Waals surface area contributed by atoms with Crippen molar-refractivity contribution in [2.45, 2.75) is 58.0 Å². The Balaban J connectivity index is 1.88. The summed E-state index contributed by atoms with van der Waals surface area (Å²) in [5.74, 6) is 0. The monoisotopic (exact) mass is 198 g/mol. The van der Waals surface area contributed by atoms with Crippen LogP contribution in [0, 0.1) is 0 Å². The zero-order valence-electron chi connectivity index (χ0n) is 9.21. The largest absolute Gasteiger partial charge is 0.475 e. The molecule has 14 heavy (non-hydrogen) atoms. The first-order chi connectivity index (χ1) is 6.93. The fourth-order valence-electron chi connectivity index (χ4n) is 1.67. The Morgan fingerprint density at radius 3 is 2.64 bits per heavy atom. The van der Waals surface area contributed by atoms with Crippen molar-refractivity contribution >= 4 is 0 Å². The summed E-state index contributed by atoms with van der Waals surface area (Å²) < 4.78 is 10.4. The predicted molar refractivity (Wildman–Crippen MR) is 58.0 cm³/mol. The molecule has 1 unspecified atom stereocenters. The van der Waals surface area contributed by atoms with Crippen molar-refractivity contribution in [2.24, 2.45) is 0 Å². The third-order valence-corrected chi connectivity index (χ3v) is 2.58. The van der Waals surface area contributed by atoms with Gasteiger partial charge in [-0.2, -0.15) is 0 Å².